The van der Waals surface area contributed by atoms with Gasteiger partial charge in [0.25, 0.3) is 5.56 Å². The van der Waals surface area contributed by atoms with E-state index in [-0.39, 0.29) is 5.56 Å². The van der Waals surface area contributed by atoms with Crippen LogP contribution in [0.3, 0.4) is 0 Å². The van der Waals surface area contributed by atoms with Gasteiger partial charge in [0.2, 0.25) is 0 Å². The number of nitrogens with zero attached hydrogens (tertiary/aromatic N) is 4. The highest BCUT2D eigenvalue weighted by molar-refractivity contribution is 9.10. The number of imidazole rings is 1. The molecule has 2 rings (SSSR count). The first-order valence-electron chi connectivity index (χ1n) is 3.13. The van der Waals surface area contributed by atoms with Crippen molar-refractivity contribution in [2.75, 3.05) is 0 Å². The molecule has 62 valence electrons. The molecule has 12 heavy (non-hydrogen) atoms. The van der Waals surface area contributed by atoms with Crippen LogP contribution >= 0.6 is 15.9 Å². The van der Waals surface area contributed by atoms with Crippen molar-refractivity contribution < 1.29 is 0 Å². The van der Waals surface area contributed by atoms with E-state index in [4.69, 9.17) is 0 Å². The van der Waals surface area contributed by atoms with E-state index in [1.165, 1.54) is 0 Å². The number of aromatic amines is 1. The molecule has 0 fully saturated rings. The van der Waals surface area contributed by atoms with E-state index in [1.807, 2.05) is 0 Å². The number of hydrogen-bond acceptors (Lipinski definition) is 4. The Labute approximate surface area is 74.7 Å². The van der Waals surface area contributed by atoms with Crippen LogP contribution in [0.2, 0.25) is 0 Å². The molecule has 0 saturated carbocycles. The number of fused-ring (bicyclic) bond motifs is 1. The summed E-state index contributed by atoms with van der Waals surface area (Å²) >= 11 is 3.17. The topological polar surface area (TPSA) is 76.5 Å². The summed E-state index contributed by atoms with van der Waals surface area (Å²) in [6.45, 7) is 0. The Morgan fingerprint density at radius 1 is 1.58 bits per heavy atom. The highest BCUT2D eigenvalue weighted by Crippen LogP contribution is 2.11. The lowest BCUT2D eigenvalue weighted by Crippen LogP contribution is -2.10. The van der Waals surface area contributed by atoms with Crippen LogP contribution in [0.25, 0.3) is 11.2 Å². The lowest BCUT2D eigenvalue weighted by Gasteiger charge is -1.90. The van der Waals surface area contributed by atoms with Gasteiger partial charge in [-0.1, -0.05) is 5.21 Å². The van der Waals surface area contributed by atoms with Gasteiger partial charge < -0.3 is 4.57 Å². The predicted octanol–water partition coefficient (Wildman–Crippen LogP) is -0.186. The van der Waals surface area contributed by atoms with E-state index in [0.717, 1.165) is 0 Å². The molecule has 0 aliphatic heterocycles. The minimum Gasteiger partial charge on any atom is -0.305 e. The molecule has 2 aromatic rings. The smallest absolute Gasteiger partial charge is 0.295 e. The standard InChI is InChI=1S/C5H4BrN5O/c1-11-3-2(7-5(11)6)4(12)9-10-8-3/h1H3,(H,8,9,12). The molecule has 0 atom stereocenters. The van der Waals surface area contributed by atoms with Gasteiger partial charge in [-0.2, -0.15) is 0 Å². The second kappa shape index (κ2) is 2.37. The number of H-pyrrole nitrogens is 1. The molecule has 1 N–H and O–H groups in total. The van der Waals surface area contributed by atoms with E-state index in [2.05, 4.69) is 36.3 Å². The van der Waals surface area contributed by atoms with Crippen molar-refractivity contribution in [3.05, 3.63) is 15.1 Å². The molecular weight excluding hydrogens is 226 g/mol. The second-order valence-electron chi connectivity index (χ2n) is 2.25. The third-order valence-corrected chi connectivity index (χ3v) is 2.23. The number of aryl methyl sites for hydroxylation is 1. The summed E-state index contributed by atoms with van der Waals surface area (Å²) in [5, 5.41) is 9.35. The Bertz CT molecular complexity index is 486. The highest BCUT2D eigenvalue weighted by Gasteiger charge is 2.09. The van der Waals surface area contributed by atoms with Gasteiger partial charge in [-0.15, -0.1) is 5.10 Å². The third-order valence-electron chi connectivity index (χ3n) is 1.52. The van der Waals surface area contributed by atoms with E-state index in [1.54, 1.807) is 11.6 Å². The third kappa shape index (κ3) is 0.860. The molecule has 2 heterocycles. The summed E-state index contributed by atoms with van der Waals surface area (Å²) in [5.41, 5.74) is 0.423. The van der Waals surface area contributed by atoms with Crippen LogP contribution in [-0.4, -0.2) is 25.0 Å². The molecule has 0 aromatic carbocycles. The van der Waals surface area contributed by atoms with E-state index >= 15 is 0 Å². The van der Waals surface area contributed by atoms with Crippen LogP contribution in [0.15, 0.2) is 9.53 Å². The molecule has 0 unspecified atom stereocenters. The van der Waals surface area contributed by atoms with Crippen molar-refractivity contribution in [3.8, 4) is 0 Å². The maximum absolute atomic E-state index is 11.1. The van der Waals surface area contributed by atoms with Crippen molar-refractivity contribution in [2.45, 2.75) is 0 Å². The molecule has 0 saturated heterocycles. The normalized spacial score (nSPS) is 10.8. The van der Waals surface area contributed by atoms with Gasteiger partial charge in [0, 0.05) is 7.05 Å². The zero-order valence-electron chi connectivity index (χ0n) is 6.08. The lowest BCUT2D eigenvalue weighted by atomic mass is 10.6. The van der Waals surface area contributed by atoms with Crippen molar-refractivity contribution in [3.63, 3.8) is 0 Å². The first-order chi connectivity index (χ1) is 5.70. The number of aromatic nitrogens is 5. The molecule has 0 amide bonds. The van der Waals surface area contributed by atoms with Crippen molar-refractivity contribution in [1.82, 2.24) is 25.0 Å². The number of halogens is 1. The first-order valence-corrected chi connectivity index (χ1v) is 3.92. The quantitative estimate of drug-likeness (QED) is 0.680. The summed E-state index contributed by atoms with van der Waals surface area (Å²) < 4.78 is 2.20. The largest absolute Gasteiger partial charge is 0.305 e. The Morgan fingerprint density at radius 2 is 2.33 bits per heavy atom. The van der Waals surface area contributed by atoms with Gasteiger partial charge in [-0.05, 0) is 15.9 Å². The van der Waals surface area contributed by atoms with Crippen LogP contribution in [-0.2, 0) is 7.05 Å². The summed E-state index contributed by atoms with van der Waals surface area (Å²) in [5.74, 6) is 0. The average molecular weight is 230 g/mol. The van der Waals surface area contributed by atoms with Gasteiger partial charge in [0.1, 0.15) is 0 Å². The summed E-state index contributed by atoms with van der Waals surface area (Å²) in [6.07, 6.45) is 0. The molecule has 0 aliphatic rings. The molecule has 0 aliphatic carbocycles. The summed E-state index contributed by atoms with van der Waals surface area (Å²) in [7, 11) is 1.74. The maximum Gasteiger partial charge on any atom is 0.295 e. The average Bonchev–Trinajstić information content (AvgIpc) is 2.32. The Hall–Kier alpha value is -1.24. The van der Waals surface area contributed by atoms with E-state index in [0.29, 0.717) is 15.9 Å². The summed E-state index contributed by atoms with van der Waals surface area (Å²) in [6, 6.07) is 0. The fourth-order valence-electron chi connectivity index (χ4n) is 0.901. The zero-order valence-corrected chi connectivity index (χ0v) is 7.66. The van der Waals surface area contributed by atoms with Gasteiger partial charge in [0.05, 0.1) is 0 Å². The van der Waals surface area contributed by atoms with E-state index in [9.17, 15) is 4.79 Å². The van der Waals surface area contributed by atoms with E-state index < -0.39 is 0 Å². The Kier molecular flexibility index (Phi) is 1.47. The van der Waals surface area contributed by atoms with Crippen molar-refractivity contribution in [2.24, 2.45) is 7.05 Å². The fourth-order valence-corrected chi connectivity index (χ4v) is 1.25. The number of rotatable bonds is 0. The molecule has 2 aromatic heterocycles. The Balaban J connectivity index is 3.05. The van der Waals surface area contributed by atoms with Crippen molar-refractivity contribution in [1.29, 1.82) is 0 Å². The number of hydrogen-bond donors (Lipinski definition) is 1. The first kappa shape index (κ1) is 7.41. The number of nitrogens with one attached hydrogen (secondary N) is 1. The molecule has 0 bridgehead atoms. The lowest BCUT2D eigenvalue weighted by molar-refractivity contribution is 0.828. The van der Waals surface area contributed by atoms with Crippen LogP contribution in [0.1, 0.15) is 0 Å². The minimum atomic E-state index is -0.332. The van der Waals surface area contributed by atoms with Gasteiger partial charge in [-0.25, -0.2) is 10.1 Å². The fraction of sp³-hybridized carbons (Fsp3) is 0.200. The monoisotopic (exact) mass is 229 g/mol. The SMILES string of the molecule is Cn1c(Br)nc2c(=O)[nH]nnc21. The van der Waals surface area contributed by atoms with Crippen LogP contribution in [0.4, 0.5) is 0 Å². The molecule has 0 radical (unpaired) electrons. The minimum absolute atomic E-state index is 0.291. The van der Waals surface area contributed by atoms with Crippen molar-refractivity contribution >= 4 is 27.1 Å². The van der Waals surface area contributed by atoms with Crippen LogP contribution in [0, 0.1) is 0 Å². The molecule has 0 spiro atoms. The van der Waals surface area contributed by atoms with Crippen LogP contribution < -0.4 is 5.56 Å². The molecule has 6 nitrogen and oxygen atoms in total. The molecule has 7 heteroatoms. The highest BCUT2D eigenvalue weighted by atomic mass is 79.9. The summed E-state index contributed by atoms with van der Waals surface area (Å²) in [4.78, 5) is 15.0. The predicted molar refractivity (Wildman–Crippen MR) is 44.6 cm³/mol. The zero-order chi connectivity index (χ0) is 8.72. The van der Waals surface area contributed by atoms with Gasteiger partial charge >= 0.3 is 0 Å². The Morgan fingerprint density at radius 3 is 3.00 bits per heavy atom. The van der Waals surface area contributed by atoms with Crippen LogP contribution in [0.5, 0.6) is 0 Å². The molecular formula is C5H4BrN5O. The van der Waals surface area contributed by atoms with Gasteiger partial charge in [0.15, 0.2) is 15.9 Å². The second-order valence-corrected chi connectivity index (χ2v) is 2.96. The van der Waals surface area contributed by atoms with Gasteiger partial charge in [-0.3, -0.25) is 4.79 Å². The maximum atomic E-state index is 11.1.